The fraction of sp³-hybridized carbons (Fsp3) is 0.273. The Labute approximate surface area is 109 Å². The highest BCUT2D eigenvalue weighted by molar-refractivity contribution is 7.92. The van der Waals surface area contributed by atoms with E-state index in [-0.39, 0.29) is 11.3 Å². The summed E-state index contributed by atoms with van der Waals surface area (Å²) in [6, 6.07) is 5.10. The minimum Gasteiger partial charge on any atom is -0.481 e. The van der Waals surface area contributed by atoms with Gasteiger partial charge in [-0.2, -0.15) is 0 Å². The molecule has 0 aliphatic carbocycles. The van der Waals surface area contributed by atoms with E-state index in [1.807, 2.05) is 0 Å². The first-order valence-corrected chi connectivity index (χ1v) is 6.93. The van der Waals surface area contributed by atoms with Crippen LogP contribution >= 0.6 is 0 Å². The number of benzene rings is 1. The van der Waals surface area contributed by atoms with Gasteiger partial charge in [-0.05, 0) is 24.3 Å². The van der Waals surface area contributed by atoms with Crippen LogP contribution in [-0.2, 0) is 14.8 Å². The van der Waals surface area contributed by atoms with Crippen molar-refractivity contribution >= 4 is 27.6 Å². The molecule has 0 fully saturated rings. The van der Waals surface area contributed by atoms with Gasteiger partial charge in [0, 0.05) is 5.69 Å². The smallest absolute Gasteiger partial charge is 0.335 e. The number of hydrogen-bond donors (Lipinski definition) is 3. The Hall–Kier alpha value is -2.09. The SMILES string of the molecule is CC(CS(=O)(=O)Nc1ccc(C(=O)O)cc1)C(=O)O. The standard InChI is InChI=1S/C11H13NO6S/c1-7(10(13)14)6-19(17,18)12-9-4-2-8(3-5-9)11(15)16/h2-5,7,12H,6H2,1H3,(H,13,14)(H,15,16). The second kappa shape index (κ2) is 5.70. The first-order chi connectivity index (χ1) is 8.71. The van der Waals surface area contributed by atoms with Crippen molar-refractivity contribution in [3.05, 3.63) is 29.8 Å². The maximum Gasteiger partial charge on any atom is 0.335 e. The molecule has 0 heterocycles. The van der Waals surface area contributed by atoms with Crippen LogP contribution in [0.25, 0.3) is 0 Å². The highest BCUT2D eigenvalue weighted by Crippen LogP contribution is 2.13. The van der Waals surface area contributed by atoms with Crippen LogP contribution < -0.4 is 4.72 Å². The first-order valence-electron chi connectivity index (χ1n) is 5.28. The zero-order valence-electron chi connectivity index (χ0n) is 10.0. The molecular weight excluding hydrogens is 274 g/mol. The summed E-state index contributed by atoms with van der Waals surface area (Å²) in [5.41, 5.74) is 0.212. The van der Waals surface area contributed by atoms with Gasteiger partial charge in [-0.1, -0.05) is 6.92 Å². The molecule has 3 N–H and O–H groups in total. The fourth-order valence-electron chi connectivity index (χ4n) is 1.30. The van der Waals surface area contributed by atoms with Crippen molar-refractivity contribution in [1.82, 2.24) is 0 Å². The van der Waals surface area contributed by atoms with Gasteiger partial charge >= 0.3 is 11.9 Å². The molecule has 0 saturated heterocycles. The Morgan fingerprint density at radius 2 is 1.74 bits per heavy atom. The van der Waals surface area contributed by atoms with E-state index in [9.17, 15) is 18.0 Å². The molecule has 1 rings (SSSR count). The van der Waals surface area contributed by atoms with Gasteiger partial charge in [0.2, 0.25) is 10.0 Å². The molecule has 0 bridgehead atoms. The number of aromatic carboxylic acids is 1. The average molecular weight is 287 g/mol. The van der Waals surface area contributed by atoms with Gasteiger partial charge in [0.05, 0.1) is 17.2 Å². The van der Waals surface area contributed by atoms with Crippen LogP contribution in [0.2, 0.25) is 0 Å². The number of nitrogens with one attached hydrogen (secondary N) is 1. The van der Waals surface area contributed by atoms with E-state index in [0.29, 0.717) is 0 Å². The van der Waals surface area contributed by atoms with E-state index in [4.69, 9.17) is 10.2 Å². The molecule has 0 saturated carbocycles. The van der Waals surface area contributed by atoms with Gasteiger partial charge in [-0.25, -0.2) is 13.2 Å². The summed E-state index contributed by atoms with van der Waals surface area (Å²) in [7, 11) is -3.79. The van der Waals surface area contributed by atoms with Crippen LogP contribution in [0.1, 0.15) is 17.3 Å². The van der Waals surface area contributed by atoms with Crippen molar-refractivity contribution in [3.63, 3.8) is 0 Å². The molecule has 1 aromatic carbocycles. The molecule has 8 heteroatoms. The normalized spacial score (nSPS) is 12.7. The number of anilines is 1. The van der Waals surface area contributed by atoms with Crippen LogP contribution in [0.5, 0.6) is 0 Å². The van der Waals surface area contributed by atoms with Gasteiger partial charge < -0.3 is 10.2 Å². The summed E-state index contributed by atoms with van der Waals surface area (Å²) >= 11 is 0. The Morgan fingerprint density at radius 1 is 1.21 bits per heavy atom. The molecule has 0 aliphatic rings. The minimum absolute atomic E-state index is 0.0295. The second-order valence-corrected chi connectivity index (χ2v) is 5.77. The molecule has 1 unspecified atom stereocenters. The average Bonchev–Trinajstić information content (AvgIpc) is 2.28. The summed E-state index contributed by atoms with van der Waals surface area (Å²) in [4.78, 5) is 21.2. The van der Waals surface area contributed by atoms with Crippen molar-refractivity contribution < 1.29 is 28.2 Å². The van der Waals surface area contributed by atoms with Crippen molar-refractivity contribution in [2.75, 3.05) is 10.5 Å². The highest BCUT2D eigenvalue weighted by Gasteiger charge is 2.20. The lowest BCUT2D eigenvalue weighted by molar-refractivity contribution is -0.140. The third-order valence-corrected chi connectivity index (χ3v) is 3.78. The number of carbonyl (C=O) groups is 2. The summed E-state index contributed by atoms with van der Waals surface area (Å²) in [5.74, 6) is -3.90. The molecule has 0 aliphatic heterocycles. The quantitative estimate of drug-likeness (QED) is 0.713. The Balaban J connectivity index is 2.78. The molecule has 7 nitrogen and oxygen atoms in total. The van der Waals surface area contributed by atoms with Crippen molar-refractivity contribution in [2.24, 2.45) is 5.92 Å². The number of rotatable bonds is 6. The molecule has 19 heavy (non-hydrogen) atoms. The van der Waals surface area contributed by atoms with E-state index < -0.39 is 33.6 Å². The van der Waals surface area contributed by atoms with Crippen LogP contribution in [0, 0.1) is 5.92 Å². The summed E-state index contributed by atoms with van der Waals surface area (Å²) in [6.45, 7) is 1.29. The van der Waals surface area contributed by atoms with Crippen molar-refractivity contribution in [3.8, 4) is 0 Å². The molecule has 0 spiro atoms. The van der Waals surface area contributed by atoms with Crippen LogP contribution in [0.3, 0.4) is 0 Å². The number of carboxylic acid groups (broad SMARTS) is 2. The largest absolute Gasteiger partial charge is 0.481 e. The third-order valence-electron chi connectivity index (χ3n) is 2.30. The molecule has 1 atom stereocenters. The lowest BCUT2D eigenvalue weighted by Gasteiger charge is -2.10. The van der Waals surface area contributed by atoms with Gasteiger partial charge in [-0.3, -0.25) is 9.52 Å². The van der Waals surface area contributed by atoms with Crippen LogP contribution in [0.4, 0.5) is 5.69 Å². The van der Waals surface area contributed by atoms with Gasteiger partial charge in [0.25, 0.3) is 0 Å². The predicted octanol–water partition coefficient (Wildman–Crippen LogP) is 0.847. The van der Waals surface area contributed by atoms with Crippen molar-refractivity contribution in [2.45, 2.75) is 6.92 Å². The molecule has 104 valence electrons. The number of aliphatic carboxylic acids is 1. The first kappa shape index (κ1) is 15.0. The molecule has 0 amide bonds. The molecule has 0 radical (unpaired) electrons. The maximum atomic E-state index is 11.6. The van der Waals surface area contributed by atoms with E-state index >= 15 is 0 Å². The van der Waals surface area contributed by atoms with Gasteiger partial charge in [-0.15, -0.1) is 0 Å². The van der Waals surface area contributed by atoms with E-state index in [1.54, 1.807) is 0 Å². The van der Waals surface area contributed by atoms with E-state index in [0.717, 1.165) is 0 Å². The topological polar surface area (TPSA) is 121 Å². The third kappa shape index (κ3) is 4.59. The lowest BCUT2D eigenvalue weighted by atomic mass is 10.2. The second-order valence-electron chi connectivity index (χ2n) is 4.01. The minimum atomic E-state index is -3.79. The summed E-state index contributed by atoms with van der Waals surface area (Å²) in [6.07, 6.45) is 0. The highest BCUT2D eigenvalue weighted by atomic mass is 32.2. The Morgan fingerprint density at radius 3 is 2.16 bits per heavy atom. The monoisotopic (exact) mass is 287 g/mol. The molecule has 1 aromatic rings. The summed E-state index contributed by atoms with van der Waals surface area (Å²) in [5, 5.41) is 17.3. The van der Waals surface area contributed by atoms with Crippen LogP contribution in [-0.4, -0.2) is 36.3 Å². The molecule has 0 aromatic heterocycles. The number of carboxylic acids is 2. The number of sulfonamides is 1. The van der Waals surface area contributed by atoms with E-state index in [1.165, 1.54) is 31.2 Å². The van der Waals surface area contributed by atoms with Gasteiger partial charge in [0.15, 0.2) is 0 Å². The molecular formula is C11H13NO6S. The fourth-order valence-corrected chi connectivity index (χ4v) is 2.68. The summed E-state index contributed by atoms with van der Waals surface area (Å²) < 4.78 is 25.5. The Bertz CT molecular complexity index is 578. The predicted molar refractivity (Wildman–Crippen MR) is 67.6 cm³/mol. The zero-order chi connectivity index (χ0) is 14.6. The van der Waals surface area contributed by atoms with Crippen LogP contribution in [0.15, 0.2) is 24.3 Å². The van der Waals surface area contributed by atoms with Crippen molar-refractivity contribution in [1.29, 1.82) is 0 Å². The lowest BCUT2D eigenvalue weighted by Crippen LogP contribution is -2.25. The Kier molecular flexibility index (Phi) is 4.49. The van der Waals surface area contributed by atoms with E-state index in [2.05, 4.69) is 4.72 Å². The number of hydrogen-bond acceptors (Lipinski definition) is 4. The van der Waals surface area contributed by atoms with Gasteiger partial charge in [0.1, 0.15) is 0 Å². The zero-order valence-corrected chi connectivity index (χ0v) is 10.8. The maximum absolute atomic E-state index is 11.6.